The highest BCUT2D eigenvalue weighted by Crippen LogP contribution is 2.12. The average molecular weight is 214 g/mol. The van der Waals surface area contributed by atoms with Crippen molar-refractivity contribution in [2.75, 3.05) is 0 Å². The van der Waals surface area contributed by atoms with E-state index < -0.39 is 0 Å². The van der Waals surface area contributed by atoms with Gasteiger partial charge in [0.25, 0.3) is 5.56 Å². The number of aromatic amines is 1. The standard InChI is InChI=1S/C9H11N3O.ClH/c1-6(2)12-5-11-8-7(12)3-4-10-9(8)13;/h3-6H,1-2H3,(H,10,13);1H. The normalized spacial score (nSPS) is 10.5. The minimum atomic E-state index is -0.128. The van der Waals surface area contributed by atoms with Gasteiger partial charge in [0.1, 0.15) is 0 Å². The second kappa shape index (κ2) is 3.84. The van der Waals surface area contributed by atoms with Gasteiger partial charge in [-0.05, 0) is 19.9 Å². The number of hydrogen-bond acceptors (Lipinski definition) is 2. The summed E-state index contributed by atoms with van der Waals surface area (Å²) in [4.78, 5) is 17.9. The van der Waals surface area contributed by atoms with Gasteiger partial charge in [0.05, 0.1) is 11.8 Å². The largest absolute Gasteiger partial charge is 0.328 e. The number of fused-ring (bicyclic) bond motifs is 1. The van der Waals surface area contributed by atoms with Gasteiger partial charge in [-0.1, -0.05) is 0 Å². The van der Waals surface area contributed by atoms with E-state index in [4.69, 9.17) is 0 Å². The van der Waals surface area contributed by atoms with Crippen molar-refractivity contribution in [3.05, 3.63) is 28.9 Å². The Morgan fingerprint density at radius 1 is 1.50 bits per heavy atom. The molecule has 0 atom stereocenters. The second-order valence-electron chi connectivity index (χ2n) is 3.29. The van der Waals surface area contributed by atoms with Crippen LogP contribution in [0.15, 0.2) is 23.4 Å². The van der Waals surface area contributed by atoms with Crippen molar-refractivity contribution in [1.82, 2.24) is 14.5 Å². The second-order valence-corrected chi connectivity index (χ2v) is 3.29. The first-order valence-corrected chi connectivity index (χ1v) is 4.24. The van der Waals surface area contributed by atoms with Gasteiger partial charge in [0.15, 0.2) is 5.52 Å². The molecule has 0 unspecified atom stereocenters. The molecule has 2 aromatic heterocycles. The molecule has 0 aliphatic heterocycles. The van der Waals surface area contributed by atoms with Crippen LogP contribution in [0.4, 0.5) is 0 Å². The fourth-order valence-corrected chi connectivity index (χ4v) is 1.39. The number of aromatic nitrogens is 3. The van der Waals surface area contributed by atoms with Gasteiger partial charge >= 0.3 is 0 Å². The molecule has 0 bridgehead atoms. The third-order valence-electron chi connectivity index (χ3n) is 2.06. The van der Waals surface area contributed by atoms with E-state index in [1.807, 2.05) is 10.6 Å². The van der Waals surface area contributed by atoms with Crippen LogP contribution in [0.5, 0.6) is 0 Å². The Bertz CT molecular complexity index is 486. The number of H-pyrrole nitrogens is 1. The number of nitrogens with one attached hydrogen (secondary N) is 1. The Morgan fingerprint density at radius 3 is 2.86 bits per heavy atom. The van der Waals surface area contributed by atoms with Crippen LogP contribution >= 0.6 is 12.4 Å². The highest BCUT2D eigenvalue weighted by atomic mass is 35.5. The van der Waals surface area contributed by atoms with Crippen LogP contribution in [0.2, 0.25) is 0 Å². The van der Waals surface area contributed by atoms with Crippen molar-refractivity contribution in [2.24, 2.45) is 0 Å². The van der Waals surface area contributed by atoms with Crippen LogP contribution in [0.1, 0.15) is 19.9 Å². The van der Waals surface area contributed by atoms with Crippen LogP contribution in [0.25, 0.3) is 11.0 Å². The van der Waals surface area contributed by atoms with E-state index in [-0.39, 0.29) is 18.0 Å². The highest BCUT2D eigenvalue weighted by molar-refractivity contribution is 5.85. The maximum absolute atomic E-state index is 11.3. The molecule has 4 nitrogen and oxygen atoms in total. The van der Waals surface area contributed by atoms with Crippen molar-refractivity contribution in [3.8, 4) is 0 Å². The third-order valence-corrected chi connectivity index (χ3v) is 2.06. The molecule has 0 aromatic carbocycles. The van der Waals surface area contributed by atoms with Gasteiger partial charge in [-0.15, -0.1) is 12.4 Å². The van der Waals surface area contributed by atoms with Crippen LogP contribution in [0.3, 0.4) is 0 Å². The molecule has 0 fully saturated rings. The smallest absolute Gasteiger partial charge is 0.276 e. The molecule has 1 N–H and O–H groups in total. The first-order valence-electron chi connectivity index (χ1n) is 4.24. The number of nitrogens with zero attached hydrogens (tertiary/aromatic N) is 2. The number of rotatable bonds is 1. The summed E-state index contributed by atoms with van der Waals surface area (Å²) in [6, 6.07) is 2.19. The van der Waals surface area contributed by atoms with E-state index in [1.54, 1.807) is 12.5 Å². The Morgan fingerprint density at radius 2 is 2.21 bits per heavy atom. The van der Waals surface area contributed by atoms with Gasteiger partial charge in [0.2, 0.25) is 0 Å². The molecular weight excluding hydrogens is 202 g/mol. The van der Waals surface area contributed by atoms with Crippen molar-refractivity contribution in [2.45, 2.75) is 19.9 Å². The number of hydrogen-bond donors (Lipinski definition) is 1. The van der Waals surface area contributed by atoms with E-state index >= 15 is 0 Å². The lowest BCUT2D eigenvalue weighted by atomic mass is 10.3. The molecule has 2 heterocycles. The zero-order valence-corrected chi connectivity index (χ0v) is 8.84. The summed E-state index contributed by atoms with van der Waals surface area (Å²) in [6.07, 6.45) is 3.34. The molecular formula is C9H12ClN3O. The Balaban J connectivity index is 0.000000980. The van der Waals surface area contributed by atoms with E-state index in [2.05, 4.69) is 23.8 Å². The quantitative estimate of drug-likeness (QED) is 0.785. The lowest BCUT2D eigenvalue weighted by molar-refractivity contribution is 0.617. The van der Waals surface area contributed by atoms with Gasteiger partial charge < -0.3 is 9.55 Å². The molecule has 5 heteroatoms. The molecule has 0 saturated carbocycles. The minimum Gasteiger partial charge on any atom is -0.328 e. The van der Waals surface area contributed by atoms with Crippen LogP contribution in [0, 0.1) is 0 Å². The van der Waals surface area contributed by atoms with Crippen LogP contribution in [-0.4, -0.2) is 14.5 Å². The highest BCUT2D eigenvalue weighted by Gasteiger charge is 2.06. The molecule has 2 rings (SSSR count). The fraction of sp³-hybridized carbons (Fsp3) is 0.333. The number of pyridine rings is 1. The van der Waals surface area contributed by atoms with Crippen molar-refractivity contribution < 1.29 is 0 Å². The van der Waals surface area contributed by atoms with E-state index in [9.17, 15) is 4.79 Å². The van der Waals surface area contributed by atoms with Crippen molar-refractivity contribution in [3.63, 3.8) is 0 Å². The lowest BCUT2D eigenvalue weighted by Crippen LogP contribution is -2.05. The third kappa shape index (κ3) is 1.53. The Hall–Kier alpha value is -1.29. The van der Waals surface area contributed by atoms with Gasteiger partial charge in [-0.25, -0.2) is 4.98 Å². The van der Waals surface area contributed by atoms with Gasteiger partial charge in [-0.3, -0.25) is 4.79 Å². The summed E-state index contributed by atoms with van der Waals surface area (Å²) in [5.74, 6) is 0. The predicted octanol–water partition coefficient (Wildman–Crippen LogP) is 1.73. The predicted molar refractivity (Wildman–Crippen MR) is 58.0 cm³/mol. The average Bonchev–Trinajstić information content (AvgIpc) is 2.48. The summed E-state index contributed by atoms with van der Waals surface area (Å²) >= 11 is 0. The Kier molecular flexibility index (Phi) is 2.96. The maximum atomic E-state index is 11.3. The first-order chi connectivity index (χ1) is 6.20. The van der Waals surface area contributed by atoms with Crippen LogP contribution in [-0.2, 0) is 0 Å². The van der Waals surface area contributed by atoms with E-state index in [1.165, 1.54) is 0 Å². The summed E-state index contributed by atoms with van der Waals surface area (Å²) < 4.78 is 1.98. The SMILES string of the molecule is CC(C)n1cnc2c(=O)[nH]ccc21.Cl. The molecule has 2 aromatic rings. The number of halogens is 1. The molecule has 14 heavy (non-hydrogen) atoms. The monoisotopic (exact) mass is 213 g/mol. The van der Waals surface area contributed by atoms with Crippen molar-refractivity contribution in [1.29, 1.82) is 0 Å². The molecule has 76 valence electrons. The minimum absolute atomic E-state index is 0. The zero-order valence-electron chi connectivity index (χ0n) is 8.02. The van der Waals surface area contributed by atoms with Gasteiger partial charge in [0, 0.05) is 12.2 Å². The summed E-state index contributed by atoms with van der Waals surface area (Å²) in [6.45, 7) is 4.12. The van der Waals surface area contributed by atoms with Gasteiger partial charge in [-0.2, -0.15) is 0 Å². The van der Waals surface area contributed by atoms with E-state index in [0.717, 1.165) is 5.52 Å². The Labute approximate surface area is 87.4 Å². The maximum Gasteiger partial charge on any atom is 0.276 e. The topological polar surface area (TPSA) is 50.7 Å². The molecule has 0 saturated heterocycles. The summed E-state index contributed by atoms with van der Waals surface area (Å²) in [7, 11) is 0. The molecule has 0 amide bonds. The molecule has 0 spiro atoms. The number of imidazole rings is 1. The lowest BCUT2D eigenvalue weighted by Gasteiger charge is -2.06. The molecule has 0 radical (unpaired) electrons. The zero-order chi connectivity index (χ0) is 9.42. The fourth-order valence-electron chi connectivity index (χ4n) is 1.39. The summed E-state index contributed by atoms with van der Waals surface area (Å²) in [5.41, 5.74) is 1.27. The molecule has 0 aliphatic rings. The summed E-state index contributed by atoms with van der Waals surface area (Å²) in [5, 5.41) is 0. The molecule has 0 aliphatic carbocycles. The van der Waals surface area contributed by atoms with Crippen molar-refractivity contribution >= 4 is 23.4 Å². The van der Waals surface area contributed by atoms with E-state index in [0.29, 0.717) is 11.6 Å². The first kappa shape index (κ1) is 10.8. The van der Waals surface area contributed by atoms with Crippen LogP contribution < -0.4 is 5.56 Å².